The van der Waals surface area contributed by atoms with Crippen LogP contribution in [-0.4, -0.2) is 58.8 Å². The topological polar surface area (TPSA) is 93.3 Å². The highest BCUT2D eigenvalue weighted by Gasteiger charge is 2.36. The Morgan fingerprint density at radius 2 is 1.93 bits per heavy atom. The van der Waals surface area contributed by atoms with Crippen LogP contribution in [0.1, 0.15) is 27.2 Å². The molecule has 2 N–H and O–H groups in total. The van der Waals surface area contributed by atoms with Crippen LogP contribution in [-0.2, 0) is 4.74 Å². The Balaban J connectivity index is 1.69. The Morgan fingerprint density at radius 3 is 2.59 bits per heavy atom. The number of nitrogens with zero attached hydrogens (tertiary/aromatic N) is 6. The highest BCUT2D eigenvalue weighted by atomic mass is 16.5. The summed E-state index contributed by atoms with van der Waals surface area (Å²) in [5.41, 5.74) is 7.60. The van der Waals surface area contributed by atoms with Gasteiger partial charge in [-0.3, -0.25) is 0 Å². The molecule has 2 aliphatic rings. The smallest absolute Gasteiger partial charge is 0.227 e. The van der Waals surface area contributed by atoms with Crippen LogP contribution in [0, 0.1) is 5.41 Å². The predicted molar refractivity (Wildman–Crippen MR) is 106 cm³/mol. The summed E-state index contributed by atoms with van der Waals surface area (Å²) in [6.45, 7) is 11.0. The minimum absolute atomic E-state index is 0.239. The molecule has 0 aliphatic carbocycles. The van der Waals surface area contributed by atoms with E-state index in [0.717, 1.165) is 62.2 Å². The quantitative estimate of drug-likeness (QED) is 0.874. The molecular formula is C19H27N7O. The van der Waals surface area contributed by atoms with Crippen molar-refractivity contribution in [1.82, 2.24) is 19.9 Å². The first kappa shape index (κ1) is 17.9. The van der Waals surface area contributed by atoms with Gasteiger partial charge in [0.25, 0.3) is 0 Å². The molecule has 4 heterocycles. The Labute approximate surface area is 159 Å². The number of hydrogen-bond acceptors (Lipinski definition) is 8. The molecule has 144 valence electrons. The average molecular weight is 369 g/mol. The van der Waals surface area contributed by atoms with Gasteiger partial charge in [0.1, 0.15) is 5.82 Å². The van der Waals surface area contributed by atoms with Crippen LogP contribution in [0.2, 0.25) is 0 Å². The molecule has 2 aliphatic heterocycles. The number of nitrogens with two attached hydrogens (primary N) is 1. The molecule has 2 aromatic rings. The van der Waals surface area contributed by atoms with Crippen LogP contribution in [0.25, 0.3) is 11.3 Å². The largest absolute Gasteiger partial charge is 0.375 e. The lowest BCUT2D eigenvalue weighted by atomic mass is 9.85. The van der Waals surface area contributed by atoms with Crippen molar-refractivity contribution in [3.05, 3.63) is 18.5 Å². The first-order valence-corrected chi connectivity index (χ1v) is 9.52. The summed E-state index contributed by atoms with van der Waals surface area (Å²) >= 11 is 0. The second kappa shape index (κ2) is 6.92. The van der Waals surface area contributed by atoms with E-state index in [-0.39, 0.29) is 12.1 Å². The number of aromatic nitrogens is 4. The zero-order valence-electron chi connectivity index (χ0n) is 16.2. The Hall–Kier alpha value is -2.48. The molecule has 0 aromatic carbocycles. The fraction of sp³-hybridized carbons (Fsp3) is 0.579. The number of nitrogen functional groups attached to an aromatic ring is 1. The van der Waals surface area contributed by atoms with Crippen molar-refractivity contribution in [2.75, 3.05) is 48.3 Å². The van der Waals surface area contributed by atoms with Gasteiger partial charge < -0.3 is 20.3 Å². The van der Waals surface area contributed by atoms with Crippen LogP contribution in [0.4, 0.5) is 17.7 Å². The summed E-state index contributed by atoms with van der Waals surface area (Å²) in [4.78, 5) is 22.4. The van der Waals surface area contributed by atoms with Crippen molar-refractivity contribution in [3.63, 3.8) is 0 Å². The number of morpholine rings is 1. The summed E-state index contributed by atoms with van der Waals surface area (Å²) in [5, 5.41) is 0. The molecule has 8 nitrogen and oxygen atoms in total. The summed E-state index contributed by atoms with van der Waals surface area (Å²) in [6, 6.07) is 2.02. The maximum atomic E-state index is 5.81. The van der Waals surface area contributed by atoms with Gasteiger partial charge in [0.15, 0.2) is 0 Å². The zero-order chi connectivity index (χ0) is 19.0. The summed E-state index contributed by atoms with van der Waals surface area (Å²) in [6.07, 6.45) is 4.66. The third-order valence-electron chi connectivity index (χ3n) is 5.11. The molecule has 2 saturated heterocycles. The first-order valence-electron chi connectivity index (χ1n) is 9.52. The van der Waals surface area contributed by atoms with Crippen molar-refractivity contribution in [2.24, 2.45) is 5.41 Å². The standard InChI is InChI=1S/C19H27N7O/c1-4-14-10-25(5-6-27-14)16-7-15(13-8-21-17(20)22-9-13)23-18(24-16)26-11-19(2,3)12-26/h7-9,14H,4-6,10-12H2,1-3H3,(H2,20,21,22)/t14-/m0/s1. The van der Waals surface area contributed by atoms with Gasteiger partial charge >= 0.3 is 0 Å². The Kier molecular flexibility index (Phi) is 4.59. The van der Waals surface area contributed by atoms with Gasteiger partial charge in [-0.1, -0.05) is 20.8 Å². The van der Waals surface area contributed by atoms with Gasteiger partial charge in [-0.2, -0.15) is 4.98 Å². The fourth-order valence-corrected chi connectivity index (χ4v) is 3.65. The van der Waals surface area contributed by atoms with Crippen LogP contribution in [0.3, 0.4) is 0 Å². The van der Waals surface area contributed by atoms with Gasteiger partial charge in [-0.05, 0) is 11.8 Å². The van der Waals surface area contributed by atoms with E-state index >= 15 is 0 Å². The van der Waals surface area contributed by atoms with Gasteiger partial charge in [-0.25, -0.2) is 15.0 Å². The number of ether oxygens (including phenoxy) is 1. The first-order chi connectivity index (χ1) is 12.9. The van der Waals surface area contributed by atoms with E-state index < -0.39 is 0 Å². The number of anilines is 3. The van der Waals surface area contributed by atoms with Crippen molar-refractivity contribution in [3.8, 4) is 11.3 Å². The second-order valence-electron chi connectivity index (χ2n) is 8.11. The minimum atomic E-state index is 0.239. The molecule has 8 heteroatoms. The van der Waals surface area contributed by atoms with E-state index in [1.807, 2.05) is 6.07 Å². The molecule has 4 rings (SSSR count). The van der Waals surface area contributed by atoms with Gasteiger partial charge in [0.2, 0.25) is 11.9 Å². The molecule has 1 atom stereocenters. The Morgan fingerprint density at radius 1 is 1.19 bits per heavy atom. The SMILES string of the molecule is CC[C@H]1CN(c2cc(-c3cnc(N)nc3)nc(N3CC(C)(C)C3)n2)CCO1. The lowest BCUT2D eigenvalue weighted by molar-refractivity contribution is 0.0381. The van der Waals surface area contributed by atoms with E-state index in [4.69, 9.17) is 20.4 Å². The van der Waals surface area contributed by atoms with Gasteiger partial charge in [-0.15, -0.1) is 0 Å². The fourth-order valence-electron chi connectivity index (χ4n) is 3.65. The van der Waals surface area contributed by atoms with E-state index in [2.05, 4.69) is 40.5 Å². The molecular weight excluding hydrogens is 342 g/mol. The lowest BCUT2D eigenvalue weighted by Gasteiger charge is -2.46. The minimum Gasteiger partial charge on any atom is -0.375 e. The number of rotatable bonds is 4. The average Bonchev–Trinajstić information content (AvgIpc) is 2.66. The predicted octanol–water partition coefficient (Wildman–Crippen LogP) is 1.98. The van der Waals surface area contributed by atoms with Crippen molar-refractivity contribution in [1.29, 1.82) is 0 Å². The monoisotopic (exact) mass is 369 g/mol. The van der Waals surface area contributed by atoms with Crippen LogP contribution < -0.4 is 15.5 Å². The van der Waals surface area contributed by atoms with Gasteiger partial charge in [0, 0.05) is 50.2 Å². The number of hydrogen-bond donors (Lipinski definition) is 1. The summed E-state index contributed by atoms with van der Waals surface area (Å²) in [5.74, 6) is 1.95. The normalized spacial score (nSPS) is 21.8. The van der Waals surface area contributed by atoms with E-state index in [9.17, 15) is 0 Å². The molecule has 0 spiro atoms. The third kappa shape index (κ3) is 3.80. The molecule has 2 aromatic heterocycles. The van der Waals surface area contributed by atoms with Crippen molar-refractivity contribution < 1.29 is 4.74 Å². The molecule has 2 fully saturated rings. The highest BCUT2D eigenvalue weighted by molar-refractivity contribution is 5.64. The summed E-state index contributed by atoms with van der Waals surface area (Å²) < 4.78 is 5.81. The van der Waals surface area contributed by atoms with Gasteiger partial charge in [0.05, 0.1) is 18.4 Å². The zero-order valence-corrected chi connectivity index (χ0v) is 16.2. The maximum Gasteiger partial charge on any atom is 0.227 e. The molecule has 0 saturated carbocycles. The van der Waals surface area contributed by atoms with Crippen molar-refractivity contribution in [2.45, 2.75) is 33.3 Å². The maximum absolute atomic E-state index is 5.81. The van der Waals surface area contributed by atoms with Crippen LogP contribution in [0.15, 0.2) is 18.5 Å². The van der Waals surface area contributed by atoms with E-state index in [0.29, 0.717) is 5.41 Å². The summed E-state index contributed by atoms with van der Waals surface area (Å²) in [7, 11) is 0. The van der Waals surface area contributed by atoms with E-state index in [1.54, 1.807) is 12.4 Å². The lowest BCUT2D eigenvalue weighted by Crippen LogP contribution is -2.53. The third-order valence-corrected chi connectivity index (χ3v) is 5.11. The van der Waals surface area contributed by atoms with E-state index in [1.165, 1.54) is 0 Å². The molecule has 0 amide bonds. The Bertz CT molecular complexity index is 800. The molecule has 0 unspecified atom stereocenters. The highest BCUT2D eigenvalue weighted by Crippen LogP contribution is 2.34. The van der Waals surface area contributed by atoms with Crippen LogP contribution >= 0.6 is 0 Å². The molecule has 0 radical (unpaired) electrons. The van der Waals surface area contributed by atoms with Crippen molar-refractivity contribution >= 4 is 17.7 Å². The molecule has 0 bridgehead atoms. The van der Waals surface area contributed by atoms with Crippen LogP contribution in [0.5, 0.6) is 0 Å². The second-order valence-corrected chi connectivity index (χ2v) is 8.11. The molecule has 27 heavy (non-hydrogen) atoms.